The Bertz CT molecular complexity index is 266. The third-order valence-electron chi connectivity index (χ3n) is 1.93. The molecule has 15 heavy (non-hydrogen) atoms. The molecule has 0 spiro atoms. The molecule has 1 rings (SSSR count). The van der Waals surface area contributed by atoms with E-state index in [9.17, 15) is 0 Å². The van der Waals surface area contributed by atoms with Gasteiger partial charge in [-0.2, -0.15) is 10.2 Å². The molecule has 1 heterocycles. The predicted octanol–water partition coefficient (Wildman–Crippen LogP) is 0.954. The lowest BCUT2D eigenvalue weighted by molar-refractivity contribution is 0.421. The van der Waals surface area contributed by atoms with Crippen LogP contribution in [-0.4, -0.2) is 28.8 Å². The second-order valence-electron chi connectivity index (χ2n) is 4.60. The van der Waals surface area contributed by atoms with Crippen molar-refractivity contribution in [2.45, 2.75) is 32.9 Å². The van der Waals surface area contributed by atoms with Crippen molar-refractivity contribution in [1.29, 1.82) is 0 Å². The summed E-state index contributed by atoms with van der Waals surface area (Å²) in [5.41, 5.74) is 1.36. The van der Waals surface area contributed by atoms with Gasteiger partial charge in [0.15, 0.2) is 0 Å². The van der Waals surface area contributed by atoms with Gasteiger partial charge in [0.05, 0.1) is 6.20 Å². The first-order valence-electron chi connectivity index (χ1n) is 5.29. The Morgan fingerprint density at radius 1 is 1.20 bits per heavy atom. The molecule has 1 aromatic heterocycles. The molecule has 2 N–H and O–H groups in total. The average Bonchev–Trinajstić information content (AvgIpc) is 2.17. The fourth-order valence-corrected chi connectivity index (χ4v) is 1.18. The van der Waals surface area contributed by atoms with E-state index in [2.05, 4.69) is 41.6 Å². The third kappa shape index (κ3) is 6.14. The van der Waals surface area contributed by atoms with Gasteiger partial charge in [0, 0.05) is 31.4 Å². The van der Waals surface area contributed by atoms with E-state index in [1.165, 1.54) is 5.56 Å². The number of nitrogens with zero attached hydrogens (tertiary/aromatic N) is 2. The van der Waals surface area contributed by atoms with Crippen LogP contribution in [0.3, 0.4) is 0 Å². The highest BCUT2D eigenvalue weighted by Gasteiger charge is 2.06. The topological polar surface area (TPSA) is 49.8 Å². The van der Waals surface area contributed by atoms with Crippen molar-refractivity contribution in [3.8, 4) is 0 Å². The summed E-state index contributed by atoms with van der Waals surface area (Å²) >= 11 is 0. The van der Waals surface area contributed by atoms with E-state index in [0.717, 1.165) is 19.6 Å². The molecule has 0 bridgehead atoms. The molecule has 4 heteroatoms. The number of hydrogen-bond donors (Lipinski definition) is 2. The highest BCUT2D eigenvalue weighted by atomic mass is 15.1. The first-order chi connectivity index (χ1) is 7.08. The molecule has 0 unspecified atom stereocenters. The quantitative estimate of drug-likeness (QED) is 0.708. The Morgan fingerprint density at radius 3 is 2.60 bits per heavy atom. The van der Waals surface area contributed by atoms with Gasteiger partial charge in [-0.25, -0.2) is 0 Å². The van der Waals surface area contributed by atoms with Crippen LogP contribution < -0.4 is 10.6 Å². The summed E-state index contributed by atoms with van der Waals surface area (Å²) < 4.78 is 0. The van der Waals surface area contributed by atoms with Crippen LogP contribution in [0.2, 0.25) is 0 Å². The van der Waals surface area contributed by atoms with E-state index >= 15 is 0 Å². The molecule has 4 nitrogen and oxygen atoms in total. The van der Waals surface area contributed by atoms with Crippen LogP contribution in [-0.2, 0) is 6.54 Å². The van der Waals surface area contributed by atoms with Crippen LogP contribution in [0.1, 0.15) is 26.3 Å². The molecule has 0 aliphatic heterocycles. The fraction of sp³-hybridized carbons (Fsp3) is 0.636. The van der Waals surface area contributed by atoms with Gasteiger partial charge in [-0.1, -0.05) is 0 Å². The van der Waals surface area contributed by atoms with Crippen molar-refractivity contribution in [2.75, 3.05) is 13.1 Å². The summed E-state index contributed by atoms with van der Waals surface area (Å²) in [6.07, 6.45) is 3.49. The zero-order chi connectivity index (χ0) is 11.1. The van der Waals surface area contributed by atoms with Crippen molar-refractivity contribution in [3.05, 3.63) is 24.0 Å². The highest BCUT2D eigenvalue weighted by molar-refractivity contribution is 5.04. The lowest BCUT2D eigenvalue weighted by atomic mass is 10.1. The molecule has 0 saturated heterocycles. The lowest BCUT2D eigenvalue weighted by Gasteiger charge is -2.20. The summed E-state index contributed by atoms with van der Waals surface area (Å²) in [6.45, 7) is 9.28. The molecular formula is C11H20N4. The van der Waals surface area contributed by atoms with Crippen molar-refractivity contribution in [2.24, 2.45) is 0 Å². The molecule has 0 amide bonds. The molecule has 0 atom stereocenters. The number of hydrogen-bond acceptors (Lipinski definition) is 4. The molecule has 0 aromatic carbocycles. The third-order valence-corrected chi connectivity index (χ3v) is 1.93. The Morgan fingerprint density at radius 2 is 2.00 bits per heavy atom. The smallest absolute Gasteiger partial charge is 0.0541 e. The first kappa shape index (κ1) is 12.1. The average molecular weight is 208 g/mol. The Kier molecular flexibility index (Phi) is 4.65. The monoisotopic (exact) mass is 208 g/mol. The van der Waals surface area contributed by atoms with Crippen LogP contribution in [0.15, 0.2) is 18.5 Å². The zero-order valence-corrected chi connectivity index (χ0v) is 9.75. The van der Waals surface area contributed by atoms with Gasteiger partial charge in [-0.3, -0.25) is 0 Å². The van der Waals surface area contributed by atoms with Crippen LogP contribution in [0.4, 0.5) is 0 Å². The summed E-state index contributed by atoms with van der Waals surface area (Å²) in [7, 11) is 0. The van der Waals surface area contributed by atoms with Crippen LogP contribution in [0.25, 0.3) is 0 Å². The first-order valence-corrected chi connectivity index (χ1v) is 5.29. The molecule has 0 saturated carbocycles. The van der Waals surface area contributed by atoms with E-state index < -0.39 is 0 Å². The van der Waals surface area contributed by atoms with Gasteiger partial charge >= 0.3 is 0 Å². The molecule has 0 fully saturated rings. The maximum atomic E-state index is 3.82. The van der Waals surface area contributed by atoms with Crippen LogP contribution in [0, 0.1) is 0 Å². The van der Waals surface area contributed by atoms with Crippen LogP contribution >= 0.6 is 0 Å². The van der Waals surface area contributed by atoms with E-state index in [1.54, 1.807) is 12.4 Å². The standard InChI is InChI=1S/C11H20N4/c1-11(2,3)13-7-6-12-8-10-4-5-14-15-9-10/h4-5,9,12-13H,6-8H2,1-3H3. The SMILES string of the molecule is CC(C)(C)NCCNCc1ccnnc1. The zero-order valence-electron chi connectivity index (χ0n) is 9.75. The molecule has 1 aromatic rings. The van der Waals surface area contributed by atoms with Gasteiger partial charge in [-0.15, -0.1) is 0 Å². The largest absolute Gasteiger partial charge is 0.311 e. The lowest BCUT2D eigenvalue weighted by Crippen LogP contribution is -2.40. The van der Waals surface area contributed by atoms with Gasteiger partial charge in [0.2, 0.25) is 0 Å². The molecule has 0 aliphatic rings. The molecule has 0 aliphatic carbocycles. The Balaban J connectivity index is 2.08. The van der Waals surface area contributed by atoms with E-state index in [-0.39, 0.29) is 5.54 Å². The van der Waals surface area contributed by atoms with Gasteiger partial charge in [0.25, 0.3) is 0 Å². The number of nitrogens with one attached hydrogen (secondary N) is 2. The minimum absolute atomic E-state index is 0.194. The van der Waals surface area contributed by atoms with Gasteiger partial charge in [0.1, 0.15) is 0 Å². The number of aromatic nitrogens is 2. The molecular weight excluding hydrogens is 188 g/mol. The maximum Gasteiger partial charge on any atom is 0.0541 e. The summed E-state index contributed by atoms with van der Waals surface area (Å²) in [5.74, 6) is 0. The van der Waals surface area contributed by atoms with E-state index in [4.69, 9.17) is 0 Å². The second-order valence-corrected chi connectivity index (χ2v) is 4.60. The normalized spacial score (nSPS) is 11.7. The second kappa shape index (κ2) is 5.78. The number of rotatable bonds is 5. The van der Waals surface area contributed by atoms with Crippen molar-refractivity contribution < 1.29 is 0 Å². The Labute approximate surface area is 91.5 Å². The molecule has 84 valence electrons. The fourth-order valence-electron chi connectivity index (χ4n) is 1.18. The van der Waals surface area contributed by atoms with E-state index in [0.29, 0.717) is 0 Å². The summed E-state index contributed by atoms with van der Waals surface area (Å²) in [4.78, 5) is 0. The van der Waals surface area contributed by atoms with Crippen molar-refractivity contribution in [1.82, 2.24) is 20.8 Å². The minimum atomic E-state index is 0.194. The van der Waals surface area contributed by atoms with Crippen molar-refractivity contribution in [3.63, 3.8) is 0 Å². The predicted molar refractivity (Wildman–Crippen MR) is 61.5 cm³/mol. The highest BCUT2D eigenvalue weighted by Crippen LogP contribution is 1.96. The van der Waals surface area contributed by atoms with E-state index in [1.807, 2.05) is 6.07 Å². The van der Waals surface area contributed by atoms with Gasteiger partial charge < -0.3 is 10.6 Å². The summed E-state index contributed by atoms with van der Waals surface area (Å²) in [5, 5.41) is 14.3. The Hall–Kier alpha value is -1.00. The summed E-state index contributed by atoms with van der Waals surface area (Å²) in [6, 6.07) is 1.97. The minimum Gasteiger partial charge on any atom is -0.311 e. The van der Waals surface area contributed by atoms with Crippen molar-refractivity contribution >= 4 is 0 Å². The van der Waals surface area contributed by atoms with Crippen LogP contribution in [0.5, 0.6) is 0 Å². The molecule has 0 radical (unpaired) electrons. The van der Waals surface area contributed by atoms with Gasteiger partial charge in [-0.05, 0) is 32.4 Å². The maximum absolute atomic E-state index is 3.82.